The monoisotopic (exact) mass is 284 g/mol. The molecule has 1 aromatic carbocycles. The molecule has 6 heteroatoms. The van der Waals surface area contributed by atoms with E-state index in [4.69, 9.17) is 10.5 Å². The van der Waals surface area contributed by atoms with Gasteiger partial charge in [0.25, 0.3) is 0 Å². The highest BCUT2D eigenvalue weighted by Gasteiger charge is 2.17. The molecule has 0 aromatic heterocycles. The molecule has 1 aliphatic rings. The zero-order valence-electron chi connectivity index (χ0n) is 11.1. The van der Waals surface area contributed by atoms with E-state index in [0.29, 0.717) is 22.8 Å². The number of nitrogen functional groups attached to an aromatic ring is 1. The summed E-state index contributed by atoms with van der Waals surface area (Å²) in [6.07, 6.45) is 2.29. The number of ether oxygens (including phenoxy) is 1. The molecule has 1 unspecified atom stereocenters. The van der Waals surface area contributed by atoms with E-state index in [1.54, 1.807) is 25.1 Å². The van der Waals surface area contributed by atoms with Gasteiger partial charge in [0, 0.05) is 13.2 Å². The van der Waals surface area contributed by atoms with Crippen LogP contribution in [0.25, 0.3) is 0 Å². The quantitative estimate of drug-likeness (QED) is 0.804. The molecular weight excluding hydrogens is 264 g/mol. The van der Waals surface area contributed by atoms with Crippen LogP contribution in [0.5, 0.6) is 0 Å². The highest BCUT2D eigenvalue weighted by molar-refractivity contribution is 7.91. The van der Waals surface area contributed by atoms with Crippen LogP contribution in [0.3, 0.4) is 0 Å². The Morgan fingerprint density at radius 2 is 2.26 bits per heavy atom. The number of hydrogen-bond acceptors (Lipinski definition) is 5. The number of anilines is 2. The number of sulfone groups is 1. The second kappa shape index (κ2) is 5.79. The normalized spacial score (nSPS) is 19.5. The van der Waals surface area contributed by atoms with Gasteiger partial charge < -0.3 is 15.8 Å². The maximum atomic E-state index is 11.8. The maximum absolute atomic E-state index is 11.8. The second-order valence-corrected chi connectivity index (χ2v) is 6.95. The summed E-state index contributed by atoms with van der Waals surface area (Å²) in [5.41, 5.74) is 7.07. The number of rotatable bonds is 5. The largest absolute Gasteiger partial charge is 0.397 e. The van der Waals surface area contributed by atoms with Gasteiger partial charge in [0.15, 0.2) is 9.84 Å². The molecule has 2 rings (SSSR count). The molecule has 1 heterocycles. The van der Waals surface area contributed by atoms with Crippen LogP contribution in [0.15, 0.2) is 23.1 Å². The zero-order valence-corrected chi connectivity index (χ0v) is 11.9. The van der Waals surface area contributed by atoms with Gasteiger partial charge in [-0.25, -0.2) is 8.42 Å². The number of benzene rings is 1. The molecule has 0 aliphatic carbocycles. The van der Waals surface area contributed by atoms with E-state index in [-0.39, 0.29) is 11.9 Å². The van der Waals surface area contributed by atoms with Crippen molar-refractivity contribution in [2.45, 2.75) is 30.8 Å². The molecule has 0 saturated carbocycles. The van der Waals surface area contributed by atoms with E-state index >= 15 is 0 Å². The van der Waals surface area contributed by atoms with Crippen LogP contribution < -0.4 is 11.1 Å². The van der Waals surface area contributed by atoms with Crippen molar-refractivity contribution in [3.05, 3.63) is 18.2 Å². The van der Waals surface area contributed by atoms with Crippen molar-refractivity contribution in [1.29, 1.82) is 0 Å². The van der Waals surface area contributed by atoms with Gasteiger partial charge in [-0.2, -0.15) is 0 Å². The smallest absolute Gasteiger partial charge is 0.178 e. The van der Waals surface area contributed by atoms with Crippen LogP contribution in [0.2, 0.25) is 0 Å². The summed E-state index contributed by atoms with van der Waals surface area (Å²) in [5, 5.41) is 3.18. The number of nitrogens with two attached hydrogens (primary N) is 1. The predicted molar refractivity (Wildman–Crippen MR) is 76.0 cm³/mol. The van der Waals surface area contributed by atoms with E-state index < -0.39 is 9.84 Å². The molecule has 1 atom stereocenters. The first kappa shape index (κ1) is 14.1. The van der Waals surface area contributed by atoms with Gasteiger partial charge in [-0.3, -0.25) is 0 Å². The fourth-order valence-electron chi connectivity index (χ4n) is 2.08. The van der Waals surface area contributed by atoms with Gasteiger partial charge in [0.2, 0.25) is 0 Å². The summed E-state index contributed by atoms with van der Waals surface area (Å²) < 4.78 is 29.2. The number of hydrogen-bond donors (Lipinski definition) is 2. The minimum atomic E-state index is -3.20. The van der Waals surface area contributed by atoms with Crippen molar-refractivity contribution < 1.29 is 13.2 Å². The van der Waals surface area contributed by atoms with Gasteiger partial charge in [-0.15, -0.1) is 0 Å². The van der Waals surface area contributed by atoms with Crippen molar-refractivity contribution in [3.63, 3.8) is 0 Å². The van der Waals surface area contributed by atoms with Gasteiger partial charge >= 0.3 is 0 Å². The lowest BCUT2D eigenvalue weighted by Gasteiger charge is -2.14. The molecule has 0 spiro atoms. The van der Waals surface area contributed by atoms with Crippen molar-refractivity contribution in [3.8, 4) is 0 Å². The SMILES string of the molecule is CCS(=O)(=O)c1ccc(N)c(NCC2CCCO2)c1. The Balaban J connectivity index is 2.13. The van der Waals surface area contributed by atoms with Crippen LogP contribution in [0.1, 0.15) is 19.8 Å². The van der Waals surface area contributed by atoms with Crippen LogP contribution in [-0.4, -0.2) is 33.4 Å². The predicted octanol–water partition coefficient (Wildman–Crippen LogP) is 1.65. The third-order valence-electron chi connectivity index (χ3n) is 3.31. The molecule has 1 fully saturated rings. The standard InChI is InChI=1S/C13H20N2O3S/c1-2-19(16,17)11-5-6-12(14)13(8-11)15-9-10-4-3-7-18-10/h5-6,8,10,15H,2-4,7,9,14H2,1H3. The van der Waals surface area contributed by atoms with E-state index in [2.05, 4.69) is 5.32 Å². The van der Waals surface area contributed by atoms with E-state index in [1.807, 2.05) is 0 Å². The number of nitrogens with one attached hydrogen (secondary N) is 1. The van der Waals surface area contributed by atoms with Gasteiger partial charge in [0.05, 0.1) is 28.1 Å². The summed E-state index contributed by atoms with van der Waals surface area (Å²) >= 11 is 0. The molecule has 1 aliphatic heterocycles. The Morgan fingerprint density at radius 1 is 1.47 bits per heavy atom. The van der Waals surface area contributed by atoms with Crippen molar-refractivity contribution in [2.75, 3.05) is 30.0 Å². The van der Waals surface area contributed by atoms with Crippen LogP contribution in [0, 0.1) is 0 Å². The Hall–Kier alpha value is -1.27. The third-order valence-corrected chi connectivity index (χ3v) is 5.04. The summed E-state index contributed by atoms with van der Waals surface area (Å²) in [4.78, 5) is 0.305. The molecule has 19 heavy (non-hydrogen) atoms. The first-order valence-corrected chi connectivity index (χ1v) is 8.16. The first-order chi connectivity index (χ1) is 9.03. The Morgan fingerprint density at radius 3 is 2.89 bits per heavy atom. The lowest BCUT2D eigenvalue weighted by atomic mass is 10.2. The summed E-state index contributed by atoms with van der Waals surface area (Å²) in [7, 11) is -3.20. The van der Waals surface area contributed by atoms with Crippen LogP contribution >= 0.6 is 0 Å². The zero-order chi connectivity index (χ0) is 13.9. The molecule has 106 valence electrons. The van der Waals surface area contributed by atoms with E-state index in [1.165, 1.54) is 0 Å². The second-order valence-electron chi connectivity index (χ2n) is 4.67. The summed E-state index contributed by atoms with van der Waals surface area (Å²) in [5.74, 6) is 0.0854. The van der Waals surface area contributed by atoms with E-state index in [9.17, 15) is 8.42 Å². The fourth-order valence-corrected chi connectivity index (χ4v) is 2.98. The van der Waals surface area contributed by atoms with E-state index in [0.717, 1.165) is 19.4 Å². The van der Waals surface area contributed by atoms with Crippen molar-refractivity contribution in [2.24, 2.45) is 0 Å². The average Bonchev–Trinajstić information content (AvgIpc) is 2.90. The Labute approximate surface area is 114 Å². The molecule has 3 N–H and O–H groups in total. The first-order valence-electron chi connectivity index (χ1n) is 6.50. The fraction of sp³-hybridized carbons (Fsp3) is 0.538. The highest BCUT2D eigenvalue weighted by Crippen LogP contribution is 2.24. The third kappa shape index (κ3) is 3.39. The average molecular weight is 284 g/mol. The minimum Gasteiger partial charge on any atom is -0.397 e. The topological polar surface area (TPSA) is 81.4 Å². The Kier molecular flexibility index (Phi) is 4.31. The Bertz CT molecular complexity index is 537. The van der Waals surface area contributed by atoms with Crippen molar-refractivity contribution in [1.82, 2.24) is 0 Å². The molecule has 0 bridgehead atoms. The van der Waals surface area contributed by atoms with Crippen LogP contribution in [-0.2, 0) is 14.6 Å². The lowest BCUT2D eigenvalue weighted by molar-refractivity contribution is 0.120. The van der Waals surface area contributed by atoms with Gasteiger partial charge in [0.1, 0.15) is 0 Å². The molecule has 5 nitrogen and oxygen atoms in total. The molecule has 1 saturated heterocycles. The minimum absolute atomic E-state index is 0.0854. The molecular formula is C13H20N2O3S. The molecule has 0 radical (unpaired) electrons. The summed E-state index contributed by atoms with van der Waals surface area (Å²) in [6, 6.07) is 4.77. The van der Waals surface area contributed by atoms with Crippen LogP contribution in [0.4, 0.5) is 11.4 Å². The lowest BCUT2D eigenvalue weighted by Crippen LogP contribution is -2.19. The summed E-state index contributed by atoms with van der Waals surface area (Å²) in [6.45, 7) is 3.08. The van der Waals surface area contributed by atoms with Gasteiger partial charge in [-0.05, 0) is 31.0 Å². The molecule has 1 aromatic rings. The molecule has 0 amide bonds. The van der Waals surface area contributed by atoms with Crippen molar-refractivity contribution >= 4 is 21.2 Å². The maximum Gasteiger partial charge on any atom is 0.178 e. The highest BCUT2D eigenvalue weighted by atomic mass is 32.2. The van der Waals surface area contributed by atoms with Gasteiger partial charge in [-0.1, -0.05) is 6.92 Å².